The van der Waals surface area contributed by atoms with Gasteiger partial charge in [0.2, 0.25) is 0 Å². The highest BCUT2D eigenvalue weighted by atomic mass is 16.4. The van der Waals surface area contributed by atoms with E-state index in [1.165, 1.54) is 0 Å². The van der Waals surface area contributed by atoms with Gasteiger partial charge in [-0.1, -0.05) is 20.8 Å². The van der Waals surface area contributed by atoms with E-state index in [1.54, 1.807) is 4.68 Å². The lowest BCUT2D eigenvalue weighted by Gasteiger charge is -2.14. The Balaban J connectivity index is 2.71. The Bertz CT molecular complexity index is 362. The smallest absolute Gasteiger partial charge is 0.308 e. The van der Waals surface area contributed by atoms with Crippen molar-refractivity contribution < 1.29 is 9.90 Å². The van der Waals surface area contributed by atoms with E-state index >= 15 is 0 Å². The number of tetrazole rings is 1. The van der Waals surface area contributed by atoms with Gasteiger partial charge >= 0.3 is 5.97 Å². The highest BCUT2D eigenvalue weighted by Gasteiger charge is 2.21. The molecule has 0 aliphatic carbocycles. The van der Waals surface area contributed by atoms with Crippen LogP contribution < -0.4 is 0 Å². The zero-order valence-corrected chi connectivity index (χ0v) is 10.6. The summed E-state index contributed by atoms with van der Waals surface area (Å²) in [5.41, 5.74) is 0. The topological polar surface area (TPSA) is 80.9 Å². The quantitative estimate of drug-likeness (QED) is 0.778. The molecule has 0 aliphatic heterocycles. The van der Waals surface area contributed by atoms with Crippen molar-refractivity contribution in [3.63, 3.8) is 0 Å². The Morgan fingerprint density at radius 2 is 2.18 bits per heavy atom. The molecule has 1 atom stereocenters. The van der Waals surface area contributed by atoms with Crippen molar-refractivity contribution in [3.05, 3.63) is 5.82 Å². The molecule has 0 spiro atoms. The predicted molar refractivity (Wildman–Crippen MR) is 62.4 cm³/mol. The summed E-state index contributed by atoms with van der Waals surface area (Å²) in [4.78, 5) is 11.1. The molecular weight excluding hydrogens is 220 g/mol. The number of hydrogen-bond donors (Lipinski definition) is 1. The van der Waals surface area contributed by atoms with Gasteiger partial charge in [0.25, 0.3) is 0 Å². The summed E-state index contributed by atoms with van der Waals surface area (Å²) in [7, 11) is 0. The zero-order valence-electron chi connectivity index (χ0n) is 10.6. The maximum Gasteiger partial charge on any atom is 0.308 e. The minimum absolute atomic E-state index is 0.349. The number of aliphatic carboxylic acids is 1. The van der Waals surface area contributed by atoms with Crippen LogP contribution in [0.3, 0.4) is 0 Å². The van der Waals surface area contributed by atoms with Crippen LogP contribution in [0.15, 0.2) is 0 Å². The number of carbonyl (C=O) groups is 1. The van der Waals surface area contributed by atoms with Crippen LogP contribution in [0.25, 0.3) is 0 Å². The summed E-state index contributed by atoms with van der Waals surface area (Å²) in [5.74, 6) is -0.0875. The third-order valence-electron chi connectivity index (χ3n) is 2.58. The largest absolute Gasteiger partial charge is 0.481 e. The normalized spacial score (nSPS) is 12.9. The van der Waals surface area contributed by atoms with E-state index in [1.807, 2.05) is 20.8 Å². The molecule has 6 heteroatoms. The van der Waals surface area contributed by atoms with Gasteiger partial charge in [0, 0.05) is 6.42 Å². The molecule has 1 N–H and O–H groups in total. The third kappa shape index (κ3) is 4.13. The minimum atomic E-state index is -0.781. The molecule has 1 rings (SSSR count). The van der Waals surface area contributed by atoms with Crippen molar-refractivity contribution in [2.75, 3.05) is 0 Å². The van der Waals surface area contributed by atoms with E-state index in [0.717, 1.165) is 18.7 Å². The van der Waals surface area contributed by atoms with E-state index in [0.29, 0.717) is 18.9 Å². The molecule has 0 aliphatic rings. The Labute approximate surface area is 101 Å². The van der Waals surface area contributed by atoms with Crippen LogP contribution in [-0.4, -0.2) is 31.3 Å². The van der Waals surface area contributed by atoms with Gasteiger partial charge in [-0.25, -0.2) is 4.68 Å². The van der Waals surface area contributed by atoms with Crippen molar-refractivity contribution in [2.45, 2.75) is 46.6 Å². The molecule has 0 bridgehead atoms. The molecule has 96 valence electrons. The lowest BCUT2D eigenvalue weighted by molar-refractivity contribution is -0.142. The lowest BCUT2D eigenvalue weighted by Crippen LogP contribution is -2.23. The fraction of sp³-hybridized carbons (Fsp3) is 0.818. The first-order valence-electron chi connectivity index (χ1n) is 6.02. The third-order valence-corrected chi connectivity index (χ3v) is 2.58. The second kappa shape index (κ2) is 6.32. The Hall–Kier alpha value is -1.46. The number of rotatable bonds is 7. The predicted octanol–water partition coefficient (Wildman–Crippen LogP) is 1.37. The fourth-order valence-electron chi connectivity index (χ4n) is 1.80. The summed E-state index contributed by atoms with van der Waals surface area (Å²) in [5, 5.41) is 20.5. The average molecular weight is 240 g/mol. The molecule has 17 heavy (non-hydrogen) atoms. The molecule has 1 aromatic heterocycles. The second-order valence-electron chi connectivity index (χ2n) is 4.69. The minimum Gasteiger partial charge on any atom is -0.481 e. The Morgan fingerprint density at radius 3 is 2.71 bits per heavy atom. The van der Waals surface area contributed by atoms with Gasteiger partial charge in [0.15, 0.2) is 5.82 Å². The van der Waals surface area contributed by atoms with Crippen LogP contribution in [0.4, 0.5) is 0 Å². The number of carboxylic acids is 1. The van der Waals surface area contributed by atoms with Gasteiger partial charge in [-0.2, -0.15) is 0 Å². The first-order chi connectivity index (χ1) is 8.04. The van der Waals surface area contributed by atoms with E-state index in [4.69, 9.17) is 5.11 Å². The molecule has 6 nitrogen and oxygen atoms in total. The molecule has 1 heterocycles. The highest BCUT2D eigenvalue weighted by Crippen LogP contribution is 2.14. The molecule has 0 saturated heterocycles. The first-order valence-corrected chi connectivity index (χ1v) is 6.02. The van der Waals surface area contributed by atoms with Crippen molar-refractivity contribution in [3.8, 4) is 0 Å². The van der Waals surface area contributed by atoms with Crippen LogP contribution in [0.2, 0.25) is 0 Å². The second-order valence-corrected chi connectivity index (χ2v) is 4.69. The monoisotopic (exact) mass is 240 g/mol. The van der Waals surface area contributed by atoms with E-state index in [9.17, 15) is 4.79 Å². The van der Waals surface area contributed by atoms with E-state index < -0.39 is 11.9 Å². The standard InChI is InChI=1S/C11H20N4O2/c1-4-5-10-12-13-14-15(10)7-9(11(16)17)6-8(2)3/h8-9H,4-7H2,1-3H3,(H,16,17). The number of aryl methyl sites for hydroxylation is 1. The SMILES string of the molecule is CCCc1nnnn1CC(CC(C)C)C(=O)O. The van der Waals surface area contributed by atoms with Gasteiger partial charge in [0.1, 0.15) is 0 Å². The summed E-state index contributed by atoms with van der Waals surface area (Å²) < 4.78 is 1.62. The van der Waals surface area contributed by atoms with Crippen LogP contribution in [0.1, 0.15) is 39.4 Å². The van der Waals surface area contributed by atoms with Crippen LogP contribution in [0.5, 0.6) is 0 Å². The maximum atomic E-state index is 11.1. The van der Waals surface area contributed by atoms with Crippen molar-refractivity contribution in [1.82, 2.24) is 20.2 Å². The van der Waals surface area contributed by atoms with Crippen molar-refractivity contribution in [2.24, 2.45) is 11.8 Å². The number of carboxylic acid groups (broad SMARTS) is 1. The maximum absolute atomic E-state index is 11.1. The fourth-order valence-corrected chi connectivity index (χ4v) is 1.80. The summed E-state index contributed by atoms with van der Waals surface area (Å²) >= 11 is 0. The summed E-state index contributed by atoms with van der Waals surface area (Å²) in [6.07, 6.45) is 2.37. The molecule has 0 saturated carbocycles. The van der Waals surface area contributed by atoms with Crippen LogP contribution in [-0.2, 0) is 17.8 Å². The Morgan fingerprint density at radius 1 is 1.47 bits per heavy atom. The molecule has 1 aromatic rings. The van der Waals surface area contributed by atoms with E-state index in [-0.39, 0.29) is 0 Å². The zero-order chi connectivity index (χ0) is 12.8. The van der Waals surface area contributed by atoms with Gasteiger partial charge in [-0.05, 0) is 29.2 Å². The molecule has 0 amide bonds. The average Bonchev–Trinajstić information content (AvgIpc) is 2.64. The molecule has 0 aromatic carbocycles. The van der Waals surface area contributed by atoms with Gasteiger partial charge < -0.3 is 5.11 Å². The van der Waals surface area contributed by atoms with Crippen molar-refractivity contribution in [1.29, 1.82) is 0 Å². The molecule has 1 unspecified atom stereocenters. The number of hydrogen-bond acceptors (Lipinski definition) is 4. The van der Waals surface area contributed by atoms with Gasteiger partial charge in [0.05, 0.1) is 12.5 Å². The van der Waals surface area contributed by atoms with E-state index in [2.05, 4.69) is 15.5 Å². The van der Waals surface area contributed by atoms with Gasteiger partial charge in [-0.3, -0.25) is 4.79 Å². The first kappa shape index (κ1) is 13.6. The molecule has 0 radical (unpaired) electrons. The van der Waals surface area contributed by atoms with Crippen LogP contribution in [0, 0.1) is 11.8 Å². The summed E-state index contributed by atoms with van der Waals surface area (Å²) in [6, 6.07) is 0. The molecular formula is C11H20N4O2. The van der Waals surface area contributed by atoms with Crippen molar-refractivity contribution >= 4 is 5.97 Å². The highest BCUT2D eigenvalue weighted by molar-refractivity contribution is 5.69. The Kier molecular flexibility index (Phi) is 5.06. The van der Waals surface area contributed by atoms with Gasteiger partial charge in [-0.15, -0.1) is 5.10 Å². The lowest BCUT2D eigenvalue weighted by atomic mass is 9.97. The number of aromatic nitrogens is 4. The van der Waals surface area contributed by atoms with Crippen LogP contribution >= 0.6 is 0 Å². The summed E-state index contributed by atoms with van der Waals surface area (Å²) in [6.45, 7) is 6.43. The molecule has 0 fully saturated rings. The number of nitrogens with zero attached hydrogens (tertiary/aromatic N) is 4.